The number of imide groups is 1. The molecule has 1 heterocycles. The Labute approximate surface area is 155 Å². The molecule has 0 spiro atoms. The molecular weight excluding hydrogens is 384 g/mol. The Bertz CT molecular complexity index is 729. The molecule has 4 atom stereocenters. The topological polar surface area (TPSA) is 66.5 Å². The van der Waals surface area contributed by atoms with Crippen LogP contribution in [0.2, 0.25) is 0 Å². The van der Waals surface area contributed by atoms with Gasteiger partial charge in [0.05, 0.1) is 11.8 Å². The summed E-state index contributed by atoms with van der Waals surface area (Å²) < 4.78 is 0.909. The van der Waals surface area contributed by atoms with Crippen LogP contribution in [-0.2, 0) is 14.4 Å². The lowest BCUT2D eigenvalue weighted by atomic mass is 9.90. The molecule has 4 unspecified atom stereocenters. The number of nitrogens with zero attached hydrogens (tertiary/aromatic N) is 1. The maximum atomic E-state index is 12.7. The summed E-state index contributed by atoms with van der Waals surface area (Å²) in [5, 5.41) is 2.73. The third kappa shape index (κ3) is 3.40. The van der Waals surface area contributed by atoms with Crippen molar-refractivity contribution >= 4 is 39.3 Å². The highest BCUT2D eigenvalue weighted by atomic mass is 79.9. The van der Waals surface area contributed by atoms with Crippen molar-refractivity contribution in [3.63, 3.8) is 0 Å². The molecule has 1 saturated carbocycles. The first-order valence-corrected chi connectivity index (χ1v) is 9.25. The minimum absolute atomic E-state index is 0.0842. The number of amides is 3. The van der Waals surface area contributed by atoms with Gasteiger partial charge >= 0.3 is 0 Å². The minimum atomic E-state index is -0.362. The van der Waals surface area contributed by atoms with Gasteiger partial charge in [-0.05, 0) is 49.4 Å². The fourth-order valence-corrected chi connectivity index (χ4v) is 4.29. The van der Waals surface area contributed by atoms with Crippen LogP contribution in [0.25, 0.3) is 0 Å². The van der Waals surface area contributed by atoms with Crippen LogP contribution in [-0.4, -0.2) is 29.2 Å². The van der Waals surface area contributed by atoms with Crippen molar-refractivity contribution in [2.24, 2.45) is 23.7 Å². The zero-order chi connectivity index (χ0) is 18.1. The lowest BCUT2D eigenvalue weighted by Gasteiger charge is -2.18. The number of anilines is 1. The van der Waals surface area contributed by atoms with Crippen LogP contribution in [0.3, 0.4) is 0 Å². The van der Waals surface area contributed by atoms with Gasteiger partial charge in [0, 0.05) is 10.2 Å². The molecule has 1 aromatic rings. The van der Waals surface area contributed by atoms with E-state index in [0.29, 0.717) is 5.69 Å². The summed E-state index contributed by atoms with van der Waals surface area (Å²) >= 11 is 3.33. The molecule has 0 radical (unpaired) electrons. The van der Waals surface area contributed by atoms with Gasteiger partial charge in [-0.2, -0.15) is 0 Å². The van der Waals surface area contributed by atoms with Gasteiger partial charge in [-0.3, -0.25) is 19.3 Å². The molecular formula is C19H21BrN2O3. The molecule has 3 amide bonds. The molecule has 3 rings (SSSR count). The fraction of sp³-hybridized carbons (Fsp3) is 0.421. The summed E-state index contributed by atoms with van der Waals surface area (Å²) in [6.45, 7) is 3.70. The van der Waals surface area contributed by atoms with E-state index < -0.39 is 0 Å². The molecule has 25 heavy (non-hydrogen) atoms. The first-order chi connectivity index (χ1) is 11.9. The van der Waals surface area contributed by atoms with E-state index in [-0.39, 0.29) is 47.9 Å². The quantitative estimate of drug-likeness (QED) is 0.618. The van der Waals surface area contributed by atoms with Crippen molar-refractivity contribution in [2.45, 2.75) is 20.3 Å². The first kappa shape index (κ1) is 17.9. The highest BCUT2D eigenvalue weighted by Crippen LogP contribution is 2.47. The van der Waals surface area contributed by atoms with Crippen LogP contribution in [0, 0.1) is 23.7 Å². The normalized spacial score (nSPS) is 28.7. The molecule has 0 aromatic heterocycles. The van der Waals surface area contributed by atoms with Gasteiger partial charge in [-0.15, -0.1) is 0 Å². The molecule has 1 aromatic carbocycles. The zero-order valence-electron chi connectivity index (χ0n) is 14.2. The predicted molar refractivity (Wildman–Crippen MR) is 98.6 cm³/mol. The molecule has 1 N–H and O–H groups in total. The Hall–Kier alpha value is -1.95. The average Bonchev–Trinajstić information content (AvgIpc) is 3.01. The van der Waals surface area contributed by atoms with Gasteiger partial charge in [0.25, 0.3) is 0 Å². The highest BCUT2D eigenvalue weighted by molar-refractivity contribution is 9.10. The van der Waals surface area contributed by atoms with E-state index in [1.165, 1.54) is 0 Å². The number of fused-ring (bicyclic) bond motifs is 1. The maximum Gasteiger partial charge on any atom is 0.244 e. The van der Waals surface area contributed by atoms with E-state index in [4.69, 9.17) is 0 Å². The predicted octanol–water partition coefficient (Wildman–Crippen LogP) is 3.22. The number of hydrogen-bond acceptors (Lipinski definition) is 3. The summed E-state index contributed by atoms with van der Waals surface area (Å²) in [4.78, 5) is 38.8. The number of carbonyl (C=O) groups is 3. The Balaban J connectivity index is 1.71. The summed E-state index contributed by atoms with van der Waals surface area (Å²) in [6, 6.07) is 7.15. The van der Waals surface area contributed by atoms with Crippen LogP contribution < -0.4 is 5.32 Å². The summed E-state index contributed by atoms with van der Waals surface area (Å²) in [5.74, 6) is -1.16. The molecule has 1 saturated heterocycles. The SMILES string of the molecule is C/C=C\C1CC(C)C2C(=O)N(CC(=O)Nc3ccc(Br)cc3)C(=O)C12. The van der Waals surface area contributed by atoms with Crippen LogP contribution in [0.4, 0.5) is 5.69 Å². The second kappa shape index (κ2) is 7.12. The number of carbonyl (C=O) groups excluding carboxylic acids is 3. The number of allylic oxidation sites excluding steroid dienone is 2. The minimum Gasteiger partial charge on any atom is -0.325 e. The van der Waals surface area contributed by atoms with E-state index in [2.05, 4.69) is 21.2 Å². The molecule has 1 aliphatic heterocycles. The van der Waals surface area contributed by atoms with Crippen LogP contribution in [0.1, 0.15) is 20.3 Å². The van der Waals surface area contributed by atoms with E-state index >= 15 is 0 Å². The second-order valence-electron chi connectivity index (χ2n) is 6.77. The highest BCUT2D eigenvalue weighted by Gasteiger charge is 2.56. The van der Waals surface area contributed by atoms with Gasteiger partial charge in [0.1, 0.15) is 6.54 Å². The van der Waals surface area contributed by atoms with Crippen LogP contribution in [0.15, 0.2) is 40.9 Å². The van der Waals surface area contributed by atoms with Gasteiger partial charge < -0.3 is 5.32 Å². The lowest BCUT2D eigenvalue weighted by molar-refractivity contribution is -0.143. The van der Waals surface area contributed by atoms with Gasteiger partial charge in [-0.25, -0.2) is 0 Å². The van der Waals surface area contributed by atoms with Crippen molar-refractivity contribution in [2.75, 3.05) is 11.9 Å². The number of likely N-dealkylation sites (tertiary alicyclic amines) is 1. The van der Waals surface area contributed by atoms with E-state index in [1.54, 1.807) is 12.1 Å². The molecule has 132 valence electrons. The standard InChI is InChI=1S/C19H21BrN2O3/c1-3-4-12-9-11(2)16-17(12)19(25)22(18(16)24)10-15(23)21-14-7-5-13(20)6-8-14/h3-8,11-12,16-17H,9-10H2,1-2H3,(H,21,23)/b4-3-. The lowest BCUT2D eigenvalue weighted by Crippen LogP contribution is -2.39. The van der Waals surface area contributed by atoms with Crippen molar-refractivity contribution in [3.05, 3.63) is 40.9 Å². The Morgan fingerprint density at radius 1 is 1.24 bits per heavy atom. The van der Waals surface area contributed by atoms with E-state index in [1.807, 2.05) is 38.1 Å². The number of rotatable bonds is 4. The summed E-state index contributed by atoms with van der Waals surface area (Å²) in [7, 11) is 0. The smallest absolute Gasteiger partial charge is 0.244 e. The zero-order valence-corrected chi connectivity index (χ0v) is 15.8. The van der Waals surface area contributed by atoms with E-state index in [0.717, 1.165) is 15.8 Å². The fourth-order valence-electron chi connectivity index (χ4n) is 4.02. The number of benzene rings is 1. The molecule has 2 aliphatic rings. The monoisotopic (exact) mass is 404 g/mol. The van der Waals surface area contributed by atoms with Gasteiger partial charge in [-0.1, -0.05) is 35.0 Å². The molecule has 0 bridgehead atoms. The molecule has 5 nitrogen and oxygen atoms in total. The Morgan fingerprint density at radius 2 is 1.88 bits per heavy atom. The average molecular weight is 405 g/mol. The van der Waals surface area contributed by atoms with Crippen LogP contribution in [0.5, 0.6) is 0 Å². The maximum absolute atomic E-state index is 12.7. The second-order valence-corrected chi connectivity index (χ2v) is 7.69. The van der Waals surface area contributed by atoms with Gasteiger partial charge in [0.2, 0.25) is 17.7 Å². The van der Waals surface area contributed by atoms with Crippen molar-refractivity contribution < 1.29 is 14.4 Å². The van der Waals surface area contributed by atoms with Crippen molar-refractivity contribution in [1.82, 2.24) is 4.90 Å². The number of nitrogens with one attached hydrogen (secondary N) is 1. The summed E-state index contributed by atoms with van der Waals surface area (Å²) in [6.07, 6.45) is 4.79. The largest absolute Gasteiger partial charge is 0.325 e. The Kier molecular flexibility index (Phi) is 5.08. The number of halogens is 1. The third-order valence-electron chi connectivity index (χ3n) is 5.08. The summed E-state index contributed by atoms with van der Waals surface area (Å²) in [5.41, 5.74) is 0.632. The Morgan fingerprint density at radius 3 is 2.52 bits per heavy atom. The van der Waals surface area contributed by atoms with Crippen molar-refractivity contribution in [3.8, 4) is 0 Å². The first-order valence-electron chi connectivity index (χ1n) is 8.45. The molecule has 1 aliphatic carbocycles. The number of hydrogen-bond donors (Lipinski definition) is 1. The van der Waals surface area contributed by atoms with Crippen LogP contribution >= 0.6 is 15.9 Å². The molecule has 6 heteroatoms. The molecule has 2 fully saturated rings. The van der Waals surface area contributed by atoms with Gasteiger partial charge in [0.15, 0.2) is 0 Å². The third-order valence-corrected chi connectivity index (χ3v) is 5.61. The van der Waals surface area contributed by atoms with E-state index in [9.17, 15) is 14.4 Å². The van der Waals surface area contributed by atoms with Crippen molar-refractivity contribution in [1.29, 1.82) is 0 Å².